The van der Waals surface area contributed by atoms with Gasteiger partial charge in [0.15, 0.2) is 5.82 Å². The molecule has 0 amide bonds. The highest BCUT2D eigenvalue weighted by molar-refractivity contribution is 6.30. The Labute approximate surface area is 240 Å². The molecule has 212 valence electrons. The summed E-state index contributed by atoms with van der Waals surface area (Å²) < 4.78 is 5.79. The van der Waals surface area contributed by atoms with Crippen LogP contribution in [0.3, 0.4) is 0 Å². The van der Waals surface area contributed by atoms with Crippen LogP contribution >= 0.6 is 11.6 Å². The van der Waals surface area contributed by atoms with Crippen LogP contribution in [0, 0.1) is 0 Å². The maximum Gasteiger partial charge on any atom is 0.158 e. The Kier molecular flexibility index (Phi) is 8.20. The number of aromatic nitrogens is 3. The van der Waals surface area contributed by atoms with Gasteiger partial charge in [-0.3, -0.25) is 14.7 Å². The first-order chi connectivity index (χ1) is 19.6. The maximum absolute atomic E-state index is 6.19. The molecule has 0 unspecified atom stereocenters. The van der Waals surface area contributed by atoms with E-state index in [0.717, 1.165) is 36.5 Å². The minimum absolute atomic E-state index is 0.0248. The van der Waals surface area contributed by atoms with Crippen molar-refractivity contribution in [3.05, 3.63) is 59.6 Å². The van der Waals surface area contributed by atoms with Crippen molar-refractivity contribution < 1.29 is 9.57 Å². The minimum atomic E-state index is -0.0248. The number of piperazine rings is 1. The molecule has 1 N–H and O–H groups in total. The van der Waals surface area contributed by atoms with E-state index in [1.54, 1.807) is 13.3 Å². The van der Waals surface area contributed by atoms with Gasteiger partial charge in [-0.2, -0.15) is 0 Å². The summed E-state index contributed by atoms with van der Waals surface area (Å²) in [7, 11) is 3.92. The molecule has 1 aromatic carbocycles. The van der Waals surface area contributed by atoms with Gasteiger partial charge in [-0.1, -0.05) is 11.6 Å². The number of rotatable bonds is 7. The lowest BCUT2D eigenvalue weighted by molar-refractivity contribution is 0.0982. The number of likely N-dealkylation sites (N-methyl/N-ethyl adjacent to an activating group) is 1. The molecule has 2 aromatic heterocycles. The van der Waals surface area contributed by atoms with Crippen LogP contribution in [-0.2, 0) is 4.84 Å². The summed E-state index contributed by atoms with van der Waals surface area (Å²) in [5.74, 6) is 2.10. The molecule has 0 bridgehead atoms. The second-order valence-electron chi connectivity index (χ2n) is 10.7. The monoisotopic (exact) mass is 564 g/mol. The number of benzene rings is 1. The largest absolute Gasteiger partial charge is 0.494 e. The summed E-state index contributed by atoms with van der Waals surface area (Å²) in [4.78, 5) is 26.7. The second-order valence-corrected chi connectivity index (χ2v) is 11.2. The van der Waals surface area contributed by atoms with Gasteiger partial charge in [0.25, 0.3) is 0 Å². The van der Waals surface area contributed by atoms with E-state index in [2.05, 4.69) is 60.2 Å². The lowest BCUT2D eigenvalue weighted by atomic mass is 10.0. The third-order valence-corrected chi connectivity index (χ3v) is 8.43. The number of hydrogen-bond acceptors (Lipinski definition) is 10. The van der Waals surface area contributed by atoms with Crippen molar-refractivity contribution in [2.24, 2.45) is 0 Å². The summed E-state index contributed by atoms with van der Waals surface area (Å²) in [5, 5.41) is 5.83. The van der Waals surface area contributed by atoms with E-state index < -0.39 is 0 Å². The SMILES string of the molecule is COc1cc(N2CCC(N3CCN(C)CC3)CC2)ccc1Nc1cc(N2OCC[C@H]2c2cncc(Cl)c2)ncn1. The molecule has 3 aromatic rings. The van der Waals surface area contributed by atoms with Crippen molar-refractivity contribution in [2.45, 2.75) is 31.3 Å². The lowest BCUT2D eigenvalue weighted by Gasteiger charge is -2.42. The zero-order valence-corrected chi connectivity index (χ0v) is 23.9. The van der Waals surface area contributed by atoms with Gasteiger partial charge in [-0.05, 0) is 43.7 Å². The number of nitrogens with zero attached hydrogens (tertiary/aromatic N) is 7. The Morgan fingerprint density at radius 2 is 1.80 bits per heavy atom. The number of methoxy groups -OCH3 is 1. The number of hydrogen-bond donors (Lipinski definition) is 1. The molecule has 0 spiro atoms. The van der Waals surface area contributed by atoms with Crippen LogP contribution in [0.25, 0.3) is 0 Å². The topological polar surface area (TPSA) is 82.1 Å². The van der Waals surface area contributed by atoms with Crippen molar-refractivity contribution in [3.63, 3.8) is 0 Å². The molecule has 10 nitrogen and oxygen atoms in total. The molecule has 0 saturated carbocycles. The molecule has 11 heteroatoms. The normalized spacial score (nSPS) is 21.1. The fourth-order valence-corrected chi connectivity index (χ4v) is 6.12. The van der Waals surface area contributed by atoms with Gasteiger partial charge in [-0.15, -0.1) is 0 Å². The lowest BCUT2D eigenvalue weighted by Crippen LogP contribution is -2.52. The van der Waals surface area contributed by atoms with Crippen molar-refractivity contribution in [2.75, 3.05) is 75.3 Å². The first-order valence-electron chi connectivity index (χ1n) is 14.0. The van der Waals surface area contributed by atoms with Gasteiger partial charge in [0.05, 0.1) is 30.5 Å². The average Bonchev–Trinajstić information content (AvgIpc) is 3.48. The van der Waals surface area contributed by atoms with Crippen molar-refractivity contribution in [1.29, 1.82) is 0 Å². The van der Waals surface area contributed by atoms with Gasteiger partial charge in [-0.25, -0.2) is 15.0 Å². The van der Waals surface area contributed by atoms with Crippen molar-refractivity contribution in [1.82, 2.24) is 24.8 Å². The van der Waals surface area contributed by atoms with Gasteiger partial charge < -0.3 is 19.9 Å². The molecular formula is C29H37ClN8O2. The summed E-state index contributed by atoms with van der Waals surface area (Å²) in [6.45, 7) is 7.41. The standard InChI is InChI=1S/C29H37ClN8O2/c1-35-10-12-37(13-11-35)23-5-8-36(9-6-23)24-3-4-25(27(16-24)39-2)34-28-17-29(33-20-32-28)38-26(7-14-40-38)21-15-22(30)19-31-18-21/h3-4,15-20,23,26H,5-14H2,1-2H3,(H,32,33,34)/t26-/m0/s1. The number of ether oxygens (including phenoxy) is 1. The number of piperidine rings is 1. The van der Waals surface area contributed by atoms with E-state index in [9.17, 15) is 0 Å². The van der Waals surface area contributed by atoms with Crippen LogP contribution in [0.15, 0.2) is 49.1 Å². The molecule has 5 heterocycles. The van der Waals surface area contributed by atoms with Gasteiger partial charge in [0.1, 0.15) is 17.9 Å². The van der Waals surface area contributed by atoms with Crippen LogP contribution in [0.2, 0.25) is 5.02 Å². The van der Waals surface area contributed by atoms with Gasteiger partial charge in [0.2, 0.25) is 0 Å². The van der Waals surface area contributed by atoms with Crippen LogP contribution in [0.5, 0.6) is 5.75 Å². The summed E-state index contributed by atoms with van der Waals surface area (Å²) in [5.41, 5.74) is 3.02. The summed E-state index contributed by atoms with van der Waals surface area (Å²) in [6, 6.07) is 10.8. The van der Waals surface area contributed by atoms with Crippen LogP contribution in [0.1, 0.15) is 30.9 Å². The second kappa shape index (κ2) is 12.1. The van der Waals surface area contributed by atoms with E-state index in [1.807, 2.05) is 23.4 Å². The third kappa shape index (κ3) is 5.95. The molecular weight excluding hydrogens is 528 g/mol. The summed E-state index contributed by atoms with van der Waals surface area (Å²) >= 11 is 6.19. The Morgan fingerprint density at radius 1 is 0.975 bits per heavy atom. The predicted molar refractivity (Wildman–Crippen MR) is 158 cm³/mol. The van der Waals surface area contributed by atoms with E-state index in [4.69, 9.17) is 21.2 Å². The smallest absolute Gasteiger partial charge is 0.158 e. The molecule has 1 atom stereocenters. The molecule has 3 aliphatic heterocycles. The Morgan fingerprint density at radius 3 is 2.58 bits per heavy atom. The van der Waals surface area contributed by atoms with E-state index in [0.29, 0.717) is 29.3 Å². The van der Waals surface area contributed by atoms with Crippen LogP contribution < -0.4 is 20.0 Å². The predicted octanol–water partition coefficient (Wildman–Crippen LogP) is 4.38. The molecule has 3 saturated heterocycles. The zero-order valence-electron chi connectivity index (χ0n) is 23.2. The fourth-order valence-electron chi connectivity index (χ4n) is 5.94. The molecule has 6 rings (SSSR count). The zero-order chi connectivity index (χ0) is 27.5. The highest BCUT2D eigenvalue weighted by Crippen LogP contribution is 2.37. The number of hydroxylamine groups is 1. The quantitative estimate of drug-likeness (QED) is 0.446. The van der Waals surface area contributed by atoms with Crippen molar-refractivity contribution in [3.8, 4) is 5.75 Å². The van der Waals surface area contributed by atoms with E-state index >= 15 is 0 Å². The first kappa shape index (κ1) is 27.0. The number of nitrogens with one attached hydrogen (secondary N) is 1. The molecule has 0 aliphatic carbocycles. The maximum atomic E-state index is 6.19. The van der Waals surface area contributed by atoms with Crippen LogP contribution in [-0.4, -0.2) is 90.8 Å². The molecule has 40 heavy (non-hydrogen) atoms. The summed E-state index contributed by atoms with van der Waals surface area (Å²) in [6.07, 6.45) is 8.20. The van der Waals surface area contributed by atoms with E-state index in [1.165, 1.54) is 51.0 Å². The minimum Gasteiger partial charge on any atom is -0.494 e. The Hall–Kier alpha value is -3.18. The molecule has 3 aliphatic rings. The number of pyridine rings is 1. The average molecular weight is 565 g/mol. The van der Waals surface area contributed by atoms with Gasteiger partial charge >= 0.3 is 0 Å². The molecule has 3 fully saturated rings. The van der Waals surface area contributed by atoms with E-state index in [-0.39, 0.29) is 6.04 Å². The highest BCUT2D eigenvalue weighted by Gasteiger charge is 2.30. The van der Waals surface area contributed by atoms with Crippen molar-refractivity contribution >= 4 is 34.6 Å². The third-order valence-electron chi connectivity index (χ3n) is 8.23. The van der Waals surface area contributed by atoms with Crippen LogP contribution in [0.4, 0.5) is 23.0 Å². The number of halogens is 1. The first-order valence-corrected chi connectivity index (χ1v) is 14.4. The fraction of sp³-hybridized carbons (Fsp3) is 0.483. The van der Waals surface area contributed by atoms with Gasteiger partial charge in [0, 0.05) is 81.9 Å². The Balaban J connectivity index is 1.12. The molecule has 0 radical (unpaired) electrons. The number of anilines is 4. The Bertz CT molecular complexity index is 1300. The highest BCUT2D eigenvalue weighted by atomic mass is 35.5.